The summed E-state index contributed by atoms with van der Waals surface area (Å²) >= 11 is 1.66. The van der Waals surface area contributed by atoms with Gasteiger partial charge in [-0.15, -0.1) is 0 Å². The molecule has 74 valence electrons. The van der Waals surface area contributed by atoms with Gasteiger partial charge in [0, 0.05) is 23.5 Å². The number of carbonyl (C=O) groups is 1. The number of carbonyl (C=O) groups excluding carboxylic acids is 1. The number of ketones is 1. The maximum Gasteiger partial charge on any atom is 0.170 e. The third-order valence-corrected chi connectivity index (χ3v) is 3.48. The Labute approximate surface area is 84.5 Å². The molecular weight excluding hydrogens is 206 g/mol. The number of rotatable bonds is 2. The van der Waals surface area contributed by atoms with Crippen molar-refractivity contribution < 1.29 is 13.6 Å². The Hall–Kier alpha value is -0.900. The summed E-state index contributed by atoms with van der Waals surface area (Å²) in [5.74, 6) is -0.208. The zero-order valence-electron chi connectivity index (χ0n) is 7.30. The average molecular weight is 214 g/mol. The smallest absolute Gasteiger partial charge is 0.170 e. The van der Waals surface area contributed by atoms with Crippen molar-refractivity contribution in [2.24, 2.45) is 5.92 Å². The second-order valence-electron chi connectivity index (χ2n) is 3.22. The summed E-state index contributed by atoms with van der Waals surface area (Å²) in [5, 5.41) is 0. The van der Waals surface area contributed by atoms with E-state index in [0.717, 1.165) is 23.6 Å². The van der Waals surface area contributed by atoms with Crippen molar-refractivity contribution in [3.8, 4) is 0 Å². The quantitative estimate of drug-likeness (QED) is 0.704. The van der Waals surface area contributed by atoms with Crippen molar-refractivity contribution in [1.29, 1.82) is 0 Å². The molecule has 0 saturated carbocycles. The SMILES string of the molecule is O=C(c1ccc(F)cc1F)C1CSC1. The highest BCUT2D eigenvalue weighted by Crippen LogP contribution is 2.28. The standard InChI is InChI=1S/C10H8F2OS/c11-7-1-2-8(9(12)3-7)10(13)6-4-14-5-6/h1-3,6H,4-5H2. The normalized spacial score (nSPS) is 16.4. The van der Waals surface area contributed by atoms with Crippen molar-refractivity contribution in [3.63, 3.8) is 0 Å². The molecule has 1 aliphatic rings. The van der Waals surface area contributed by atoms with Crippen LogP contribution >= 0.6 is 11.8 Å². The summed E-state index contributed by atoms with van der Waals surface area (Å²) in [6.07, 6.45) is 0. The van der Waals surface area contributed by atoms with Gasteiger partial charge in [-0.25, -0.2) is 8.78 Å². The summed E-state index contributed by atoms with van der Waals surface area (Å²) in [4.78, 5) is 11.6. The van der Waals surface area contributed by atoms with Gasteiger partial charge in [-0.3, -0.25) is 4.79 Å². The van der Waals surface area contributed by atoms with E-state index in [2.05, 4.69) is 0 Å². The van der Waals surface area contributed by atoms with E-state index in [1.54, 1.807) is 11.8 Å². The van der Waals surface area contributed by atoms with Gasteiger partial charge in [-0.1, -0.05) is 0 Å². The molecule has 0 N–H and O–H groups in total. The summed E-state index contributed by atoms with van der Waals surface area (Å²) in [7, 11) is 0. The molecule has 1 saturated heterocycles. The van der Waals surface area contributed by atoms with E-state index in [9.17, 15) is 13.6 Å². The van der Waals surface area contributed by atoms with Crippen molar-refractivity contribution in [1.82, 2.24) is 0 Å². The third kappa shape index (κ3) is 1.66. The Morgan fingerprint density at radius 3 is 2.57 bits per heavy atom. The minimum atomic E-state index is -0.757. The molecule has 0 aromatic heterocycles. The molecule has 0 atom stereocenters. The molecule has 1 aromatic rings. The number of hydrogen-bond donors (Lipinski definition) is 0. The van der Waals surface area contributed by atoms with Crippen LogP contribution in [0.2, 0.25) is 0 Å². The molecular formula is C10H8F2OS. The lowest BCUT2D eigenvalue weighted by molar-refractivity contribution is 0.0934. The Bertz CT molecular complexity index is 374. The van der Waals surface area contributed by atoms with Crippen molar-refractivity contribution in [2.75, 3.05) is 11.5 Å². The summed E-state index contributed by atoms with van der Waals surface area (Å²) in [6.45, 7) is 0. The predicted octanol–water partition coefficient (Wildman–Crippen LogP) is 2.51. The molecule has 0 radical (unpaired) electrons. The fourth-order valence-electron chi connectivity index (χ4n) is 1.30. The second-order valence-corrected chi connectivity index (χ2v) is 4.30. The first-order chi connectivity index (χ1) is 6.68. The van der Waals surface area contributed by atoms with Gasteiger partial charge in [0.15, 0.2) is 5.78 Å². The van der Waals surface area contributed by atoms with Crippen LogP contribution < -0.4 is 0 Å². The molecule has 0 unspecified atom stereocenters. The number of halogens is 2. The van der Waals surface area contributed by atoms with Gasteiger partial charge in [-0.05, 0) is 12.1 Å². The maximum atomic E-state index is 13.2. The zero-order valence-corrected chi connectivity index (χ0v) is 8.11. The van der Waals surface area contributed by atoms with Crippen LogP contribution in [0, 0.1) is 17.6 Å². The van der Waals surface area contributed by atoms with Gasteiger partial charge >= 0.3 is 0 Å². The number of Topliss-reactive ketones (excluding diaryl/α,β-unsaturated/α-hetero) is 1. The van der Waals surface area contributed by atoms with E-state index in [1.807, 2.05) is 0 Å². The Kier molecular flexibility index (Phi) is 2.54. The highest BCUT2D eigenvalue weighted by molar-refractivity contribution is 8.00. The van der Waals surface area contributed by atoms with Crippen LogP contribution in [0.25, 0.3) is 0 Å². The molecule has 14 heavy (non-hydrogen) atoms. The van der Waals surface area contributed by atoms with E-state index >= 15 is 0 Å². The topological polar surface area (TPSA) is 17.1 Å². The Morgan fingerprint density at radius 1 is 1.36 bits per heavy atom. The van der Waals surface area contributed by atoms with Gasteiger partial charge in [0.05, 0.1) is 5.56 Å². The molecule has 1 heterocycles. The first-order valence-electron chi connectivity index (χ1n) is 4.25. The van der Waals surface area contributed by atoms with Crippen LogP contribution in [0.4, 0.5) is 8.78 Å². The van der Waals surface area contributed by atoms with Crippen LogP contribution in [-0.2, 0) is 0 Å². The number of benzene rings is 1. The molecule has 1 aliphatic heterocycles. The van der Waals surface area contributed by atoms with Gasteiger partial charge in [0.25, 0.3) is 0 Å². The summed E-state index contributed by atoms with van der Waals surface area (Å²) in [6, 6.07) is 3.08. The fourth-order valence-corrected chi connectivity index (χ4v) is 2.07. The van der Waals surface area contributed by atoms with Gasteiger partial charge in [0.1, 0.15) is 11.6 Å². The van der Waals surface area contributed by atoms with Crippen LogP contribution in [0.15, 0.2) is 18.2 Å². The monoisotopic (exact) mass is 214 g/mol. The molecule has 1 aromatic carbocycles. The van der Waals surface area contributed by atoms with Crippen molar-refractivity contribution in [2.45, 2.75) is 0 Å². The maximum absolute atomic E-state index is 13.2. The molecule has 0 bridgehead atoms. The van der Waals surface area contributed by atoms with Crippen LogP contribution in [0.3, 0.4) is 0 Å². The van der Waals surface area contributed by atoms with Crippen LogP contribution in [0.5, 0.6) is 0 Å². The lowest BCUT2D eigenvalue weighted by Crippen LogP contribution is -2.28. The molecule has 0 amide bonds. The van der Waals surface area contributed by atoms with E-state index in [1.165, 1.54) is 6.07 Å². The Morgan fingerprint density at radius 2 is 2.07 bits per heavy atom. The molecule has 1 nitrogen and oxygen atoms in total. The van der Waals surface area contributed by atoms with E-state index in [-0.39, 0.29) is 17.3 Å². The van der Waals surface area contributed by atoms with Gasteiger partial charge < -0.3 is 0 Å². The van der Waals surface area contributed by atoms with Crippen molar-refractivity contribution >= 4 is 17.5 Å². The highest BCUT2D eigenvalue weighted by atomic mass is 32.2. The molecule has 0 aliphatic carbocycles. The Balaban J connectivity index is 2.26. The number of hydrogen-bond acceptors (Lipinski definition) is 2. The molecule has 1 fully saturated rings. The second kappa shape index (κ2) is 3.69. The van der Waals surface area contributed by atoms with Gasteiger partial charge in [0.2, 0.25) is 0 Å². The van der Waals surface area contributed by atoms with Crippen LogP contribution in [-0.4, -0.2) is 17.3 Å². The highest BCUT2D eigenvalue weighted by Gasteiger charge is 2.28. The van der Waals surface area contributed by atoms with E-state index < -0.39 is 11.6 Å². The largest absolute Gasteiger partial charge is 0.294 e. The van der Waals surface area contributed by atoms with E-state index in [4.69, 9.17) is 0 Å². The molecule has 2 rings (SSSR count). The average Bonchev–Trinajstić information content (AvgIpc) is 2.00. The summed E-state index contributed by atoms with van der Waals surface area (Å²) in [5.41, 5.74) is 0.0108. The third-order valence-electron chi connectivity index (χ3n) is 2.21. The van der Waals surface area contributed by atoms with Crippen LogP contribution in [0.1, 0.15) is 10.4 Å². The van der Waals surface area contributed by atoms with E-state index in [0.29, 0.717) is 0 Å². The predicted molar refractivity (Wildman–Crippen MR) is 51.5 cm³/mol. The molecule has 0 spiro atoms. The lowest BCUT2D eigenvalue weighted by Gasteiger charge is -2.23. The minimum Gasteiger partial charge on any atom is -0.294 e. The lowest BCUT2D eigenvalue weighted by atomic mass is 10.00. The minimum absolute atomic E-state index is 0.0108. The summed E-state index contributed by atoms with van der Waals surface area (Å²) < 4.78 is 25.7. The first-order valence-corrected chi connectivity index (χ1v) is 5.41. The zero-order chi connectivity index (χ0) is 10.1. The first kappa shape index (κ1) is 9.65. The number of thioether (sulfide) groups is 1. The molecule has 4 heteroatoms. The van der Waals surface area contributed by atoms with Gasteiger partial charge in [-0.2, -0.15) is 11.8 Å². The fraction of sp³-hybridized carbons (Fsp3) is 0.300. The van der Waals surface area contributed by atoms with Crippen molar-refractivity contribution in [3.05, 3.63) is 35.4 Å².